The lowest BCUT2D eigenvalue weighted by Gasteiger charge is -2.43. The van der Waals surface area contributed by atoms with Crippen LogP contribution in [0.4, 0.5) is 10.2 Å². The Bertz CT molecular complexity index is 493. The van der Waals surface area contributed by atoms with Gasteiger partial charge >= 0.3 is 0 Å². The molecule has 1 aromatic heterocycles. The van der Waals surface area contributed by atoms with Gasteiger partial charge in [0.25, 0.3) is 0 Å². The summed E-state index contributed by atoms with van der Waals surface area (Å²) in [7, 11) is 0. The summed E-state index contributed by atoms with van der Waals surface area (Å²) >= 11 is 0. The zero-order chi connectivity index (χ0) is 14.8. The largest absolute Gasteiger partial charge is 0.349 e. The summed E-state index contributed by atoms with van der Waals surface area (Å²) in [5.74, 6) is 0.376. The number of piperazine rings is 1. The third kappa shape index (κ3) is 2.90. The summed E-state index contributed by atoms with van der Waals surface area (Å²) in [6, 6.07) is 2.66. The van der Waals surface area contributed by atoms with Gasteiger partial charge in [-0.1, -0.05) is 6.92 Å². The van der Waals surface area contributed by atoms with Gasteiger partial charge in [-0.3, -0.25) is 4.90 Å². The Balaban J connectivity index is 1.82. The van der Waals surface area contributed by atoms with E-state index in [0.29, 0.717) is 30.0 Å². The first-order valence-electron chi connectivity index (χ1n) is 8.05. The highest BCUT2D eigenvalue weighted by Crippen LogP contribution is 2.29. The van der Waals surface area contributed by atoms with E-state index >= 15 is 0 Å². The van der Waals surface area contributed by atoms with Crippen LogP contribution in [0.5, 0.6) is 0 Å². The zero-order valence-corrected chi connectivity index (χ0v) is 13.0. The summed E-state index contributed by atoms with van der Waals surface area (Å²) in [5.41, 5.74) is 0.711. The zero-order valence-electron chi connectivity index (χ0n) is 13.0. The molecule has 116 valence electrons. The molecule has 2 saturated heterocycles. The highest BCUT2D eigenvalue weighted by atomic mass is 19.1. The van der Waals surface area contributed by atoms with Crippen molar-refractivity contribution in [3.05, 3.63) is 23.6 Å². The van der Waals surface area contributed by atoms with Gasteiger partial charge in [0.2, 0.25) is 0 Å². The third-order valence-electron chi connectivity index (χ3n) is 4.73. The molecule has 2 atom stereocenters. The van der Waals surface area contributed by atoms with Crippen molar-refractivity contribution >= 4 is 5.82 Å². The third-order valence-corrected chi connectivity index (χ3v) is 4.73. The Morgan fingerprint density at radius 2 is 2.29 bits per heavy atom. The number of pyridine rings is 1. The average molecular weight is 292 g/mol. The van der Waals surface area contributed by atoms with E-state index in [2.05, 4.69) is 27.0 Å². The second-order valence-electron chi connectivity index (χ2n) is 6.18. The quantitative estimate of drug-likeness (QED) is 0.920. The van der Waals surface area contributed by atoms with Crippen LogP contribution in [0.25, 0.3) is 0 Å². The predicted molar refractivity (Wildman–Crippen MR) is 83.0 cm³/mol. The lowest BCUT2D eigenvalue weighted by atomic mass is 10.1. The molecule has 2 fully saturated rings. The van der Waals surface area contributed by atoms with Crippen molar-refractivity contribution in [3.8, 4) is 0 Å². The van der Waals surface area contributed by atoms with Crippen molar-refractivity contribution in [2.75, 3.05) is 31.1 Å². The second kappa shape index (κ2) is 6.28. The molecular weight excluding hydrogens is 267 g/mol. The van der Waals surface area contributed by atoms with Gasteiger partial charge in [0.05, 0.1) is 0 Å². The van der Waals surface area contributed by atoms with E-state index in [1.54, 1.807) is 12.3 Å². The van der Waals surface area contributed by atoms with Gasteiger partial charge in [0.15, 0.2) is 11.6 Å². The van der Waals surface area contributed by atoms with Crippen LogP contribution >= 0.6 is 0 Å². The van der Waals surface area contributed by atoms with Gasteiger partial charge in [-0.25, -0.2) is 9.37 Å². The maximum Gasteiger partial charge on any atom is 0.170 e. The fourth-order valence-corrected chi connectivity index (χ4v) is 3.55. The smallest absolute Gasteiger partial charge is 0.170 e. The predicted octanol–water partition coefficient (Wildman–Crippen LogP) is 2.00. The lowest BCUT2D eigenvalue weighted by molar-refractivity contribution is 0.201. The number of nitrogens with zero attached hydrogens (tertiary/aromatic N) is 3. The van der Waals surface area contributed by atoms with Crippen LogP contribution in [0.15, 0.2) is 12.3 Å². The van der Waals surface area contributed by atoms with Crippen LogP contribution < -0.4 is 10.2 Å². The first-order chi connectivity index (χ1) is 10.2. The van der Waals surface area contributed by atoms with Crippen molar-refractivity contribution in [1.82, 2.24) is 15.2 Å². The Morgan fingerprint density at radius 3 is 3.10 bits per heavy atom. The van der Waals surface area contributed by atoms with E-state index in [4.69, 9.17) is 0 Å². The molecule has 1 aromatic rings. The summed E-state index contributed by atoms with van der Waals surface area (Å²) in [6.45, 7) is 8.72. The van der Waals surface area contributed by atoms with Crippen molar-refractivity contribution in [2.45, 2.75) is 45.3 Å². The highest BCUT2D eigenvalue weighted by Gasteiger charge is 2.36. The Kier molecular flexibility index (Phi) is 4.40. The van der Waals surface area contributed by atoms with Crippen molar-refractivity contribution in [2.24, 2.45) is 0 Å². The van der Waals surface area contributed by atoms with Crippen molar-refractivity contribution in [1.29, 1.82) is 0 Å². The van der Waals surface area contributed by atoms with E-state index in [1.807, 2.05) is 6.92 Å². The summed E-state index contributed by atoms with van der Waals surface area (Å²) in [6.07, 6.45) is 4.22. The maximum absolute atomic E-state index is 14.7. The minimum Gasteiger partial charge on any atom is -0.349 e. The summed E-state index contributed by atoms with van der Waals surface area (Å²) < 4.78 is 14.7. The van der Waals surface area contributed by atoms with E-state index in [9.17, 15) is 4.39 Å². The van der Waals surface area contributed by atoms with Gasteiger partial charge in [-0.2, -0.15) is 0 Å². The van der Waals surface area contributed by atoms with Crippen LogP contribution in [0.2, 0.25) is 0 Å². The first kappa shape index (κ1) is 14.7. The molecule has 2 unspecified atom stereocenters. The number of rotatable bonds is 4. The summed E-state index contributed by atoms with van der Waals surface area (Å²) in [5, 5.41) is 3.19. The molecule has 2 aliphatic heterocycles. The summed E-state index contributed by atoms with van der Waals surface area (Å²) in [4.78, 5) is 9.05. The topological polar surface area (TPSA) is 31.4 Å². The lowest BCUT2D eigenvalue weighted by Crippen LogP contribution is -2.55. The Labute approximate surface area is 126 Å². The number of halogens is 1. The van der Waals surface area contributed by atoms with E-state index in [-0.39, 0.29) is 5.82 Å². The fourth-order valence-electron chi connectivity index (χ4n) is 3.55. The Morgan fingerprint density at radius 1 is 1.43 bits per heavy atom. The molecule has 0 aliphatic carbocycles. The van der Waals surface area contributed by atoms with Crippen LogP contribution in [-0.2, 0) is 6.54 Å². The van der Waals surface area contributed by atoms with Crippen LogP contribution in [0.3, 0.4) is 0 Å². The molecule has 0 saturated carbocycles. The molecule has 0 radical (unpaired) electrons. The molecule has 4 nitrogen and oxygen atoms in total. The van der Waals surface area contributed by atoms with E-state index in [0.717, 1.165) is 19.6 Å². The second-order valence-corrected chi connectivity index (χ2v) is 6.18. The van der Waals surface area contributed by atoms with Crippen LogP contribution in [0.1, 0.15) is 32.3 Å². The number of aromatic nitrogens is 1. The number of anilines is 1. The Hall–Kier alpha value is -1.20. The monoisotopic (exact) mass is 292 g/mol. The SMILES string of the molecule is CCNCc1ccnc(N2CC3CCCN3CC2C)c1F. The molecule has 2 aliphatic rings. The molecule has 0 aromatic carbocycles. The maximum atomic E-state index is 14.7. The number of nitrogens with one attached hydrogen (secondary N) is 1. The molecule has 0 bridgehead atoms. The highest BCUT2D eigenvalue weighted by molar-refractivity contribution is 5.45. The number of fused-ring (bicyclic) bond motifs is 1. The molecule has 5 heteroatoms. The molecular formula is C16H25FN4. The molecule has 3 heterocycles. The minimum absolute atomic E-state index is 0.156. The molecule has 0 spiro atoms. The number of hydrogen-bond donors (Lipinski definition) is 1. The minimum atomic E-state index is -0.156. The molecule has 0 amide bonds. The standard InChI is InChI=1S/C16H25FN4/c1-3-18-9-13-6-7-19-16(15(13)17)21-11-14-5-4-8-20(14)10-12(21)2/h6-7,12,14,18H,3-5,8-11H2,1-2H3. The van der Waals surface area contributed by atoms with Crippen molar-refractivity contribution in [3.63, 3.8) is 0 Å². The van der Waals surface area contributed by atoms with Crippen LogP contribution in [-0.4, -0.2) is 48.1 Å². The van der Waals surface area contributed by atoms with E-state index < -0.39 is 0 Å². The van der Waals surface area contributed by atoms with Crippen LogP contribution in [0, 0.1) is 5.82 Å². The number of hydrogen-bond acceptors (Lipinski definition) is 4. The average Bonchev–Trinajstić information content (AvgIpc) is 2.92. The van der Waals surface area contributed by atoms with Gasteiger partial charge in [0.1, 0.15) is 0 Å². The van der Waals surface area contributed by atoms with Gasteiger partial charge < -0.3 is 10.2 Å². The van der Waals surface area contributed by atoms with Crippen molar-refractivity contribution < 1.29 is 4.39 Å². The first-order valence-corrected chi connectivity index (χ1v) is 8.05. The van der Waals surface area contributed by atoms with Gasteiger partial charge in [0, 0.05) is 43.5 Å². The molecule has 1 N–H and O–H groups in total. The van der Waals surface area contributed by atoms with Gasteiger partial charge in [-0.15, -0.1) is 0 Å². The fraction of sp³-hybridized carbons (Fsp3) is 0.688. The normalized spacial score (nSPS) is 26.1. The molecule has 3 rings (SSSR count). The van der Waals surface area contributed by atoms with E-state index in [1.165, 1.54) is 19.4 Å². The van der Waals surface area contributed by atoms with Gasteiger partial charge in [-0.05, 0) is 38.9 Å². The molecule has 21 heavy (non-hydrogen) atoms.